The lowest BCUT2D eigenvalue weighted by Gasteiger charge is -2.22. The fraction of sp³-hybridized carbons (Fsp3) is 0.692. The number of thiophene rings is 1. The second-order valence-corrected chi connectivity index (χ2v) is 6.77. The number of hydrogen-bond donors (Lipinski definition) is 1. The highest BCUT2D eigenvalue weighted by atomic mass is 32.2. The van der Waals surface area contributed by atoms with Crippen LogP contribution in [0.1, 0.15) is 11.3 Å². The normalized spacial score (nSPS) is 19.6. The van der Waals surface area contributed by atoms with Gasteiger partial charge in [0.05, 0.1) is 19.3 Å². The van der Waals surface area contributed by atoms with Gasteiger partial charge in [-0.15, -0.1) is 11.3 Å². The van der Waals surface area contributed by atoms with Gasteiger partial charge in [0.25, 0.3) is 0 Å². The molecule has 0 amide bonds. The maximum absolute atomic E-state index is 9.95. The van der Waals surface area contributed by atoms with E-state index in [1.54, 1.807) is 11.3 Å². The summed E-state index contributed by atoms with van der Waals surface area (Å²) in [4.78, 5) is 3.56. The minimum absolute atomic E-state index is 0.368. The minimum atomic E-state index is -0.368. The largest absolute Gasteiger partial charge is 0.389 e. The van der Waals surface area contributed by atoms with Crippen molar-refractivity contribution in [2.24, 2.45) is 0 Å². The quantitative estimate of drug-likeness (QED) is 0.868. The molecule has 1 aromatic rings. The lowest BCUT2D eigenvalue weighted by Crippen LogP contribution is -2.36. The molecule has 1 aliphatic rings. The van der Waals surface area contributed by atoms with Gasteiger partial charge < -0.3 is 9.84 Å². The summed E-state index contributed by atoms with van der Waals surface area (Å²) in [7, 11) is 0. The molecule has 1 saturated heterocycles. The molecule has 1 fully saturated rings. The number of thioether (sulfide) groups is 1. The van der Waals surface area contributed by atoms with E-state index in [4.69, 9.17) is 4.74 Å². The van der Waals surface area contributed by atoms with Gasteiger partial charge in [-0.05, 0) is 30.2 Å². The molecule has 3 nitrogen and oxygen atoms in total. The highest BCUT2D eigenvalue weighted by molar-refractivity contribution is 7.99. The van der Waals surface area contributed by atoms with Crippen molar-refractivity contribution in [2.75, 3.05) is 37.7 Å². The fourth-order valence-electron chi connectivity index (χ4n) is 2.02. The Bertz CT molecular complexity index is 311. The molecule has 1 N–H and O–H groups in total. The predicted molar refractivity (Wildman–Crippen MR) is 78.4 cm³/mol. The summed E-state index contributed by atoms with van der Waals surface area (Å²) < 4.78 is 5.54. The summed E-state index contributed by atoms with van der Waals surface area (Å²) in [6.07, 6.45) is 0.862. The van der Waals surface area contributed by atoms with Gasteiger partial charge in [0.2, 0.25) is 0 Å². The zero-order valence-electron chi connectivity index (χ0n) is 10.6. The number of rotatable bonds is 6. The van der Waals surface area contributed by atoms with Crippen LogP contribution in [-0.2, 0) is 11.3 Å². The smallest absolute Gasteiger partial charge is 0.0900 e. The second kappa shape index (κ2) is 8.17. The van der Waals surface area contributed by atoms with Gasteiger partial charge >= 0.3 is 0 Å². The van der Waals surface area contributed by atoms with Gasteiger partial charge in [0, 0.05) is 23.7 Å². The number of aliphatic hydroxyl groups excluding tert-OH is 1. The number of nitrogens with zero attached hydrogens (tertiary/aromatic N) is 1. The van der Waals surface area contributed by atoms with Crippen LogP contribution in [0.4, 0.5) is 0 Å². The number of aliphatic hydroxyl groups is 1. The Hall–Kier alpha value is -0.0700. The van der Waals surface area contributed by atoms with Crippen molar-refractivity contribution in [1.82, 2.24) is 4.90 Å². The first-order chi connectivity index (χ1) is 8.84. The summed E-state index contributed by atoms with van der Waals surface area (Å²) >= 11 is 3.70. The van der Waals surface area contributed by atoms with Gasteiger partial charge in [0.15, 0.2) is 0 Å². The van der Waals surface area contributed by atoms with Crippen molar-refractivity contribution < 1.29 is 9.84 Å². The van der Waals surface area contributed by atoms with E-state index in [0.29, 0.717) is 13.2 Å². The second-order valence-electron chi connectivity index (χ2n) is 4.51. The molecule has 1 aliphatic heterocycles. The molecule has 1 aromatic heterocycles. The first-order valence-corrected chi connectivity index (χ1v) is 8.46. The zero-order chi connectivity index (χ0) is 12.6. The molecule has 2 heterocycles. The maximum atomic E-state index is 9.95. The lowest BCUT2D eigenvalue weighted by molar-refractivity contribution is 0.0119. The van der Waals surface area contributed by atoms with E-state index in [-0.39, 0.29) is 6.10 Å². The van der Waals surface area contributed by atoms with Gasteiger partial charge in [-0.25, -0.2) is 0 Å². The van der Waals surface area contributed by atoms with Crippen molar-refractivity contribution in [2.45, 2.75) is 19.1 Å². The Morgan fingerprint density at radius 2 is 2.33 bits per heavy atom. The Kier molecular flexibility index (Phi) is 6.51. The summed E-state index contributed by atoms with van der Waals surface area (Å²) in [5.74, 6) is 2.43. The standard InChI is InChI=1S/C13H21NO2S2/c15-12(9-14-4-2-6-17-8-5-14)10-16-11-13-3-1-7-18-13/h1,3,7,12,15H,2,4-6,8-11H2. The Morgan fingerprint density at radius 3 is 3.17 bits per heavy atom. The maximum Gasteiger partial charge on any atom is 0.0900 e. The van der Waals surface area contributed by atoms with Crippen molar-refractivity contribution in [3.05, 3.63) is 22.4 Å². The highest BCUT2D eigenvalue weighted by Gasteiger charge is 2.13. The molecule has 2 rings (SSSR count). The third-order valence-electron chi connectivity index (χ3n) is 2.92. The molecular weight excluding hydrogens is 266 g/mol. The van der Waals surface area contributed by atoms with Crippen molar-refractivity contribution in [3.8, 4) is 0 Å². The van der Waals surface area contributed by atoms with E-state index in [1.165, 1.54) is 22.8 Å². The molecule has 5 heteroatoms. The molecule has 0 aliphatic carbocycles. The first-order valence-electron chi connectivity index (χ1n) is 6.43. The van der Waals surface area contributed by atoms with E-state index >= 15 is 0 Å². The lowest BCUT2D eigenvalue weighted by atomic mass is 10.3. The van der Waals surface area contributed by atoms with Crippen molar-refractivity contribution in [3.63, 3.8) is 0 Å². The van der Waals surface area contributed by atoms with Crippen LogP contribution in [-0.4, -0.2) is 53.9 Å². The number of β-amino-alcohol motifs (C(OH)–C–C–N with tert-alkyl or cyclic N) is 1. The molecule has 1 atom stereocenters. The van der Waals surface area contributed by atoms with E-state index in [2.05, 4.69) is 11.0 Å². The SMILES string of the molecule is OC(COCc1cccs1)CN1CCCSCC1. The van der Waals surface area contributed by atoms with Gasteiger partial charge in [-0.1, -0.05) is 6.07 Å². The first kappa shape index (κ1) is 14.3. The van der Waals surface area contributed by atoms with Crippen LogP contribution in [0.5, 0.6) is 0 Å². The molecule has 1 unspecified atom stereocenters. The highest BCUT2D eigenvalue weighted by Crippen LogP contribution is 2.11. The molecule has 0 radical (unpaired) electrons. The van der Waals surface area contributed by atoms with Crippen LogP contribution in [0.15, 0.2) is 17.5 Å². The monoisotopic (exact) mass is 287 g/mol. The average molecular weight is 287 g/mol. The Balaban J connectivity index is 1.60. The molecule has 0 spiro atoms. The summed E-state index contributed by atoms with van der Waals surface area (Å²) in [5, 5.41) is 12.0. The molecule has 0 bridgehead atoms. The van der Waals surface area contributed by atoms with Crippen LogP contribution in [0.25, 0.3) is 0 Å². The molecule has 0 aromatic carbocycles. The molecular formula is C13H21NO2S2. The topological polar surface area (TPSA) is 32.7 Å². The van der Waals surface area contributed by atoms with Gasteiger partial charge in [-0.2, -0.15) is 11.8 Å². The van der Waals surface area contributed by atoms with Crippen LogP contribution in [0.2, 0.25) is 0 Å². The van der Waals surface area contributed by atoms with Crippen molar-refractivity contribution >= 4 is 23.1 Å². The number of ether oxygens (including phenoxy) is 1. The van der Waals surface area contributed by atoms with E-state index in [1.807, 2.05) is 23.2 Å². The summed E-state index contributed by atoms with van der Waals surface area (Å²) in [5.41, 5.74) is 0. The Morgan fingerprint density at radius 1 is 1.39 bits per heavy atom. The zero-order valence-corrected chi connectivity index (χ0v) is 12.2. The van der Waals surface area contributed by atoms with Crippen LogP contribution in [0.3, 0.4) is 0 Å². The minimum Gasteiger partial charge on any atom is -0.389 e. The number of hydrogen-bond acceptors (Lipinski definition) is 5. The molecule has 0 saturated carbocycles. The van der Waals surface area contributed by atoms with Gasteiger partial charge in [-0.3, -0.25) is 4.90 Å². The van der Waals surface area contributed by atoms with E-state index < -0.39 is 0 Å². The Labute approximate surface area is 117 Å². The molecule has 18 heavy (non-hydrogen) atoms. The summed E-state index contributed by atoms with van der Waals surface area (Å²) in [6.45, 7) is 3.98. The van der Waals surface area contributed by atoms with Crippen molar-refractivity contribution in [1.29, 1.82) is 0 Å². The van der Waals surface area contributed by atoms with Crippen LogP contribution in [0, 0.1) is 0 Å². The third-order valence-corrected chi connectivity index (χ3v) is 4.82. The average Bonchev–Trinajstić information content (AvgIpc) is 2.74. The third kappa shape index (κ3) is 5.28. The van der Waals surface area contributed by atoms with Crippen LogP contribution >= 0.6 is 23.1 Å². The van der Waals surface area contributed by atoms with Gasteiger partial charge in [0.1, 0.15) is 0 Å². The molecule has 102 valence electrons. The van der Waals surface area contributed by atoms with E-state index in [0.717, 1.165) is 19.6 Å². The van der Waals surface area contributed by atoms with Crippen LogP contribution < -0.4 is 0 Å². The summed E-state index contributed by atoms with van der Waals surface area (Å²) in [6, 6.07) is 4.08. The fourth-order valence-corrected chi connectivity index (χ4v) is 3.59. The predicted octanol–water partition coefficient (Wildman–Crippen LogP) is 2.06. The van der Waals surface area contributed by atoms with E-state index in [9.17, 15) is 5.11 Å².